The molecule has 0 saturated carbocycles. The van der Waals surface area contributed by atoms with E-state index in [1.165, 1.54) is 0 Å². The normalized spacial score (nSPS) is 21.7. The maximum atomic E-state index is 12.4. The highest BCUT2D eigenvalue weighted by molar-refractivity contribution is 9.10. The number of halogens is 1. The van der Waals surface area contributed by atoms with E-state index in [2.05, 4.69) is 22.0 Å². The van der Waals surface area contributed by atoms with Gasteiger partial charge in [-0.15, -0.1) is 0 Å². The number of piperidine rings is 1. The fraction of sp³-hybridized carbons (Fsp3) is 0.529. The number of carboxylic acids is 1. The van der Waals surface area contributed by atoms with Gasteiger partial charge in [0.25, 0.3) is 0 Å². The van der Waals surface area contributed by atoms with Gasteiger partial charge in [0.15, 0.2) is 0 Å². The van der Waals surface area contributed by atoms with E-state index < -0.39 is 11.9 Å². The molecule has 1 aliphatic rings. The molecule has 5 heteroatoms. The second-order valence-electron chi connectivity index (χ2n) is 6.09. The minimum Gasteiger partial charge on any atom is -0.481 e. The summed E-state index contributed by atoms with van der Waals surface area (Å²) in [6.45, 7) is 4.37. The number of hydrogen-bond acceptors (Lipinski definition) is 2. The first-order chi connectivity index (χ1) is 10.4. The summed E-state index contributed by atoms with van der Waals surface area (Å²) in [5.74, 6) is -1.16. The molecule has 1 aliphatic heterocycles. The molecular formula is C17H22BrNO3. The third-order valence-corrected chi connectivity index (χ3v) is 5.29. The first-order valence-electron chi connectivity index (χ1n) is 7.65. The Balaban J connectivity index is 1.95. The number of carboxylic acid groups (broad SMARTS) is 1. The molecular weight excluding hydrogens is 346 g/mol. The zero-order valence-electron chi connectivity index (χ0n) is 13.0. The summed E-state index contributed by atoms with van der Waals surface area (Å²) < 4.78 is 1.07. The van der Waals surface area contributed by atoms with Crippen molar-refractivity contribution in [1.29, 1.82) is 0 Å². The molecule has 0 radical (unpaired) electrons. The van der Waals surface area contributed by atoms with E-state index in [9.17, 15) is 9.59 Å². The number of carbonyl (C=O) groups excluding carboxylic acids is 1. The average Bonchev–Trinajstić information content (AvgIpc) is 2.48. The quantitative estimate of drug-likeness (QED) is 0.886. The van der Waals surface area contributed by atoms with Crippen LogP contribution in [-0.2, 0) is 16.0 Å². The monoisotopic (exact) mass is 367 g/mol. The van der Waals surface area contributed by atoms with Gasteiger partial charge in [0.1, 0.15) is 0 Å². The largest absolute Gasteiger partial charge is 0.481 e. The maximum Gasteiger partial charge on any atom is 0.308 e. The van der Waals surface area contributed by atoms with Gasteiger partial charge in [-0.2, -0.15) is 0 Å². The van der Waals surface area contributed by atoms with E-state index in [4.69, 9.17) is 5.11 Å². The van der Waals surface area contributed by atoms with Crippen LogP contribution >= 0.6 is 15.9 Å². The van der Waals surface area contributed by atoms with Crippen molar-refractivity contribution in [2.24, 2.45) is 5.92 Å². The highest BCUT2D eigenvalue weighted by Crippen LogP contribution is 2.23. The van der Waals surface area contributed by atoms with Crippen molar-refractivity contribution >= 4 is 27.8 Å². The number of carbonyl (C=O) groups is 2. The molecule has 1 fully saturated rings. The Morgan fingerprint density at radius 2 is 2.09 bits per heavy atom. The molecule has 1 N–H and O–H groups in total. The van der Waals surface area contributed by atoms with Gasteiger partial charge in [0, 0.05) is 23.5 Å². The second kappa shape index (κ2) is 7.27. The minimum atomic E-state index is -0.798. The van der Waals surface area contributed by atoms with Crippen molar-refractivity contribution in [3.05, 3.63) is 33.8 Å². The van der Waals surface area contributed by atoms with E-state index >= 15 is 0 Å². The Morgan fingerprint density at radius 1 is 1.36 bits per heavy atom. The minimum absolute atomic E-state index is 0.0546. The lowest BCUT2D eigenvalue weighted by Gasteiger charge is -2.36. The van der Waals surface area contributed by atoms with Crippen LogP contribution in [0.1, 0.15) is 37.3 Å². The van der Waals surface area contributed by atoms with E-state index in [0.29, 0.717) is 25.8 Å². The molecule has 0 spiro atoms. The third-order valence-electron chi connectivity index (χ3n) is 4.40. The zero-order chi connectivity index (χ0) is 16.3. The molecule has 2 rings (SSSR count). The van der Waals surface area contributed by atoms with Crippen LogP contribution in [0.4, 0.5) is 0 Å². The molecule has 1 aromatic rings. The molecule has 2 unspecified atom stereocenters. The predicted octanol–water partition coefficient (Wildman–Crippen LogP) is 3.40. The number of hydrogen-bond donors (Lipinski definition) is 1. The van der Waals surface area contributed by atoms with E-state index in [0.717, 1.165) is 22.0 Å². The summed E-state index contributed by atoms with van der Waals surface area (Å²) >= 11 is 3.47. The standard InChI is InChI=1S/C17H22BrNO3/c1-11-9-13(4-7-15(11)18)5-8-16(20)19-10-14(17(21)22)6-3-12(19)2/h4,7,9,12,14H,3,5-6,8,10H2,1-2H3,(H,21,22). The lowest BCUT2D eigenvalue weighted by Crippen LogP contribution is -2.47. The summed E-state index contributed by atoms with van der Waals surface area (Å²) in [5, 5.41) is 9.15. The topological polar surface area (TPSA) is 57.6 Å². The lowest BCUT2D eigenvalue weighted by molar-refractivity contribution is -0.147. The molecule has 0 aliphatic carbocycles. The van der Waals surface area contributed by atoms with Gasteiger partial charge < -0.3 is 10.0 Å². The molecule has 1 amide bonds. The van der Waals surface area contributed by atoms with Gasteiger partial charge in [0.2, 0.25) is 5.91 Å². The fourth-order valence-corrected chi connectivity index (χ4v) is 3.16. The van der Waals surface area contributed by atoms with Crippen LogP contribution in [0.25, 0.3) is 0 Å². The number of nitrogens with zero attached hydrogens (tertiary/aromatic N) is 1. The van der Waals surface area contributed by atoms with Crippen LogP contribution in [-0.4, -0.2) is 34.5 Å². The molecule has 22 heavy (non-hydrogen) atoms. The van der Waals surface area contributed by atoms with Crippen molar-refractivity contribution in [2.75, 3.05) is 6.54 Å². The van der Waals surface area contributed by atoms with Gasteiger partial charge in [-0.1, -0.05) is 28.1 Å². The average molecular weight is 368 g/mol. The molecule has 0 bridgehead atoms. The van der Waals surface area contributed by atoms with Crippen molar-refractivity contribution in [1.82, 2.24) is 4.90 Å². The molecule has 120 valence electrons. The fourth-order valence-electron chi connectivity index (χ4n) is 2.91. The van der Waals surface area contributed by atoms with Crippen molar-refractivity contribution < 1.29 is 14.7 Å². The number of aryl methyl sites for hydroxylation is 2. The van der Waals surface area contributed by atoms with E-state index in [1.54, 1.807) is 4.90 Å². The number of rotatable bonds is 4. The number of benzene rings is 1. The van der Waals surface area contributed by atoms with Crippen LogP contribution in [0, 0.1) is 12.8 Å². The molecule has 0 aromatic heterocycles. The second-order valence-corrected chi connectivity index (χ2v) is 6.95. The van der Waals surface area contributed by atoms with Crippen molar-refractivity contribution in [3.8, 4) is 0 Å². The summed E-state index contributed by atoms with van der Waals surface area (Å²) in [6.07, 6.45) is 2.54. The summed E-state index contributed by atoms with van der Waals surface area (Å²) in [5.41, 5.74) is 2.29. The first-order valence-corrected chi connectivity index (χ1v) is 8.45. The van der Waals surface area contributed by atoms with E-state index in [1.807, 2.05) is 26.0 Å². The first kappa shape index (κ1) is 17.0. The Kier molecular flexibility index (Phi) is 5.62. The van der Waals surface area contributed by atoms with Crippen molar-refractivity contribution in [3.63, 3.8) is 0 Å². The van der Waals surface area contributed by atoms with Gasteiger partial charge in [-0.3, -0.25) is 9.59 Å². The summed E-state index contributed by atoms with van der Waals surface area (Å²) in [4.78, 5) is 25.3. The molecule has 1 saturated heterocycles. The number of likely N-dealkylation sites (tertiary alicyclic amines) is 1. The lowest BCUT2D eigenvalue weighted by atomic mass is 9.93. The van der Waals surface area contributed by atoms with Crippen LogP contribution in [0.3, 0.4) is 0 Å². The predicted molar refractivity (Wildman–Crippen MR) is 88.7 cm³/mol. The van der Waals surface area contributed by atoms with Crippen LogP contribution < -0.4 is 0 Å². The SMILES string of the molecule is Cc1cc(CCC(=O)N2CC(C(=O)O)CCC2C)ccc1Br. The van der Waals surface area contributed by atoms with Crippen LogP contribution in [0.5, 0.6) is 0 Å². The zero-order valence-corrected chi connectivity index (χ0v) is 14.6. The molecule has 1 heterocycles. The van der Waals surface area contributed by atoms with E-state index in [-0.39, 0.29) is 11.9 Å². The van der Waals surface area contributed by atoms with Crippen LogP contribution in [0.2, 0.25) is 0 Å². The third kappa shape index (κ3) is 4.09. The number of aliphatic carboxylic acids is 1. The Labute approximate surface area is 139 Å². The van der Waals surface area contributed by atoms with Gasteiger partial charge in [-0.25, -0.2) is 0 Å². The van der Waals surface area contributed by atoms with Gasteiger partial charge in [0.05, 0.1) is 5.92 Å². The Hall–Kier alpha value is -1.36. The summed E-state index contributed by atoms with van der Waals surface area (Å²) in [6, 6.07) is 6.23. The van der Waals surface area contributed by atoms with Gasteiger partial charge >= 0.3 is 5.97 Å². The smallest absolute Gasteiger partial charge is 0.308 e. The maximum absolute atomic E-state index is 12.4. The van der Waals surface area contributed by atoms with Crippen LogP contribution in [0.15, 0.2) is 22.7 Å². The van der Waals surface area contributed by atoms with Gasteiger partial charge in [-0.05, 0) is 50.3 Å². The van der Waals surface area contributed by atoms with Crippen molar-refractivity contribution in [2.45, 2.75) is 45.6 Å². The molecule has 1 aromatic carbocycles. The number of amides is 1. The summed E-state index contributed by atoms with van der Waals surface area (Å²) in [7, 11) is 0. The molecule has 4 nitrogen and oxygen atoms in total. The Bertz CT molecular complexity index is 573. The Morgan fingerprint density at radius 3 is 2.73 bits per heavy atom. The highest BCUT2D eigenvalue weighted by Gasteiger charge is 2.32. The highest BCUT2D eigenvalue weighted by atomic mass is 79.9. The molecule has 2 atom stereocenters.